The highest BCUT2D eigenvalue weighted by atomic mass is 35.5. The van der Waals surface area contributed by atoms with E-state index < -0.39 is 22.0 Å². The summed E-state index contributed by atoms with van der Waals surface area (Å²) < 4.78 is 32.6. The van der Waals surface area contributed by atoms with E-state index in [0.717, 1.165) is 5.56 Å². The molecule has 0 spiro atoms. The molecule has 2 aromatic carbocycles. The largest absolute Gasteiger partial charge is 0.468 e. The summed E-state index contributed by atoms with van der Waals surface area (Å²) in [6, 6.07) is 11.4. The van der Waals surface area contributed by atoms with Crippen LogP contribution in [0.5, 0.6) is 0 Å². The maximum atomic E-state index is 12.7. The quantitative estimate of drug-likeness (QED) is 0.617. The average molecular weight is 448 g/mol. The van der Waals surface area contributed by atoms with Crippen molar-refractivity contribution < 1.29 is 17.9 Å². The van der Waals surface area contributed by atoms with E-state index in [-0.39, 0.29) is 15.7 Å². The molecule has 0 aliphatic carbocycles. The number of benzene rings is 2. The summed E-state index contributed by atoms with van der Waals surface area (Å²) in [7, 11) is -2.82. The summed E-state index contributed by atoms with van der Waals surface area (Å²) >= 11 is 13.4. The monoisotopic (exact) mass is 447 g/mol. The second-order valence-electron chi connectivity index (χ2n) is 5.73. The molecular formula is C18H19Cl2NO4S2. The molecule has 0 heterocycles. The van der Waals surface area contributed by atoms with Crippen LogP contribution in [-0.2, 0) is 25.3 Å². The number of thioether (sulfide) groups is 1. The van der Waals surface area contributed by atoms with Crippen molar-refractivity contribution in [3.63, 3.8) is 0 Å². The lowest BCUT2D eigenvalue weighted by Gasteiger charge is -2.17. The maximum Gasteiger partial charge on any atom is 0.324 e. The fraction of sp³-hybridized carbons (Fsp3) is 0.278. The Morgan fingerprint density at radius 3 is 2.48 bits per heavy atom. The third-order valence-corrected chi connectivity index (χ3v) is 7.13. The van der Waals surface area contributed by atoms with Crippen molar-refractivity contribution in [2.75, 3.05) is 12.9 Å². The fourth-order valence-electron chi connectivity index (χ4n) is 2.25. The first-order valence-corrected chi connectivity index (χ1v) is 11.3. The van der Waals surface area contributed by atoms with Crippen LogP contribution in [0.2, 0.25) is 10.0 Å². The van der Waals surface area contributed by atoms with E-state index in [1.165, 1.54) is 31.0 Å². The summed E-state index contributed by atoms with van der Waals surface area (Å²) in [6.07, 6.45) is 0. The highest BCUT2D eigenvalue weighted by Crippen LogP contribution is 2.28. The molecule has 27 heavy (non-hydrogen) atoms. The van der Waals surface area contributed by atoms with Crippen molar-refractivity contribution in [3.8, 4) is 0 Å². The molecule has 9 heteroatoms. The molecule has 0 aromatic heterocycles. The molecule has 1 unspecified atom stereocenters. The number of aryl methyl sites for hydroxylation is 1. The third-order valence-electron chi connectivity index (χ3n) is 3.68. The molecule has 146 valence electrons. The minimum absolute atomic E-state index is 0.0151. The van der Waals surface area contributed by atoms with Crippen LogP contribution in [0.3, 0.4) is 0 Å². The molecule has 5 nitrogen and oxygen atoms in total. The standard InChI is InChI=1S/C18H19Cl2NO4S2/c1-12-8-17(15(20)9-14(12)19)27(23,24)21-16(18(22)25-2)11-26-10-13-6-4-3-5-7-13/h3-9,16,21H,10-11H2,1-2H3. The van der Waals surface area contributed by atoms with Crippen molar-refractivity contribution in [2.24, 2.45) is 0 Å². The summed E-state index contributed by atoms with van der Waals surface area (Å²) in [5.74, 6) is 0.183. The van der Waals surface area contributed by atoms with E-state index in [4.69, 9.17) is 27.9 Å². The smallest absolute Gasteiger partial charge is 0.324 e. The van der Waals surface area contributed by atoms with E-state index in [9.17, 15) is 13.2 Å². The number of hydrogen-bond donors (Lipinski definition) is 1. The predicted molar refractivity (Wildman–Crippen MR) is 110 cm³/mol. The van der Waals surface area contributed by atoms with Crippen molar-refractivity contribution in [3.05, 3.63) is 63.6 Å². The van der Waals surface area contributed by atoms with Crippen LogP contribution in [0.25, 0.3) is 0 Å². The lowest BCUT2D eigenvalue weighted by atomic mass is 10.2. The number of esters is 1. The Kier molecular flexibility index (Phi) is 8.00. The Morgan fingerprint density at radius 1 is 1.19 bits per heavy atom. The molecule has 0 aliphatic heterocycles. The Labute approximate surface area is 173 Å². The van der Waals surface area contributed by atoms with Gasteiger partial charge in [0.05, 0.1) is 12.1 Å². The molecule has 2 rings (SSSR count). The van der Waals surface area contributed by atoms with Crippen LogP contribution in [0.4, 0.5) is 0 Å². The second kappa shape index (κ2) is 9.80. The van der Waals surface area contributed by atoms with Gasteiger partial charge in [0.1, 0.15) is 10.9 Å². The first-order chi connectivity index (χ1) is 12.7. The second-order valence-corrected chi connectivity index (χ2v) is 9.26. The van der Waals surface area contributed by atoms with E-state index >= 15 is 0 Å². The Morgan fingerprint density at radius 2 is 1.85 bits per heavy atom. The average Bonchev–Trinajstić information content (AvgIpc) is 2.63. The molecular weight excluding hydrogens is 429 g/mol. The maximum absolute atomic E-state index is 12.7. The number of nitrogens with one attached hydrogen (secondary N) is 1. The van der Waals surface area contributed by atoms with Gasteiger partial charge in [0.15, 0.2) is 0 Å². The van der Waals surface area contributed by atoms with Gasteiger partial charge in [-0.1, -0.05) is 53.5 Å². The number of carbonyl (C=O) groups is 1. The molecule has 0 radical (unpaired) electrons. The lowest BCUT2D eigenvalue weighted by Crippen LogP contribution is -2.43. The first kappa shape index (κ1) is 22.0. The molecule has 0 fully saturated rings. The lowest BCUT2D eigenvalue weighted by molar-refractivity contribution is -0.141. The van der Waals surface area contributed by atoms with Crippen LogP contribution in [-0.4, -0.2) is 33.3 Å². The van der Waals surface area contributed by atoms with Crippen LogP contribution >= 0.6 is 35.0 Å². The van der Waals surface area contributed by atoms with Crippen molar-refractivity contribution in [2.45, 2.75) is 23.6 Å². The fourth-order valence-corrected chi connectivity index (χ4v) is 5.37. The van der Waals surface area contributed by atoms with Crippen molar-refractivity contribution >= 4 is 51.0 Å². The Balaban J connectivity index is 2.14. The summed E-state index contributed by atoms with van der Waals surface area (Å²) in [4.78, 5) is 11.9. The van der Waals surface area contributed by atoms with E-state index in [0.29, 0.717) is 16.3 Å². The zero-order valence-electron chi connectivity index (χ0n) is 14.7. The van der Waals surface area contributed by atoms with Gasteiger partial charge in [0.25, 0.3) is 0 Å². The molecule has 2 aromatic rings. The first-order valence-electron chi connectivity index (χ1n) is 7.92. The topological polar surface area (TPSA) is 72.5 Å². The van der Waals surface area contributed by atoms with E-state index in [1.54, 1.807) is 6.92 Å². The van der Waals surface area contributed by atoms with Crippen molar-refractivity contribution in [1.82, 2.24) is 4.72 Å². The van der Waals surface area contributed by atoms with Crippen molar-refractivity contribution in [1.29, 1.82) is 0 Å². The number of ether oxygens (including phenoxy) is 1. The Bertz CT molecular complexity index is 905. The zero-order chi connectivity index (χ0) is 20.0. The normalized spacial score (nSPS) is 12.6. The zero-order valence-corrected chi connectivity index (χ0v) is 17.9. The SMILES string of the molecule is COC(=O)C(CSCc1ccccc1)NS(=O)(=O)c1cc(C)c(Cl)cc1Cl. The van der Waals surface area contributed by atoms with Gasteiger partial charge in [-0.2, -0.15) is 16.5 Å². The number of hydrogen-bond acceptors (Lipinski definition) is 5. The number of methoxy groups -OCH3 is 1. The Hall–Kier alpha value is -1.25. The van der Waals surface area contributed by atoms with Gasteiger partial charge in [0.2, 0.25) is 10.0 Å². The van der Waals surface area contributed by atoms with Crippen LogP contribution in [0.1, 0.15) is 11.1 Å². The minimum Gasteiger partial charge on any atom is -0.468 e. The predicted octanol–water partition coefficient (Wildman–Crippen LogP) is 4.06. The molecule has 0 bridgehead atoms. The molecule has 0 amide bonds. The molecule has 0 saturated heterocycles. The summed E-state index contributed by atoms with van der Waals surface area (Å²) in [6.45, 7) is 1.67. The number of sulfonamides is 1. The van der Waals surface area contributed by atoms with Gasteiger partial charge in [-0.05, 0) is 30.2 Å². The van der Waals surface area contributed by atoms with Gasteiger partial charge < -0.3 is 4.74 Å². The van der Waals surface area contributed by atoms with Crippen LogP contribution < -0.4 is 4.72 Å². The van der Waals surface area contributed by atoms with Gasteiger partial charge in [-0.25, -0.2) is 8.42 Å². The number of halogens is 2. The van der Waals surface area contributed by atoms with Crippen LogP contribution in [0, 0.1) is 6.92 Å². The summed E-state index contributed by atoms with van der Waals surface area (Å²) in [5.41, 5.74) is 1.64. The van der Waals surface area contributed by atoms with Gasteiger partial charge in [-0.15, -0.1) is 0 Å². The van der Waals surface area contributed by atoms with E-state index in [1.807, 2.05) is 30.3 Å². The number of rotatable bonds is 8. The number of carbonyl (C=O) groups excluding carboxylic acids is 1. The van der Waals surface area contributed by atoms with Gasteiger partial charge in [0, 0.05) is 16.5 Å². The van der Waals surface area contributed by atoms with E-state index in [2.05, 4.69) is 4.72 Å². The van der Waals surface area contributed by atoms with Crippen LogP contribution in [0.15, 0.2) is 47.4 Å². The minimum atomic E-state index is -4.03. The molecule has 0 aliphatic rings. The highest BCUT2D eigenvalue weighted by Gasteiger charge is 2.28. The molecule has 0 saturated carbocycles. The highest BCUT2D eigenvalue weighted by molar-refractivity contribution is 7.98. The van der Waals surface area contributed by atoms with Gasteiger partial charge >= 0.3 is 5.97 Å². The molecule has 1 atom stereocenters. The summed E-state index contributed by atoms with van der Waals surface area (Å²) in [5, 5.41) is 0.348. The third kappa shape index (κ3) is 6.12. The molecule has 1 N–H and O–H groups in total. The van der Waals surface area contributed by atoms with Gasteiger partial charge in [-0.3, -0.25) is 4.79 Å².